The van der Waals surface area contributed by atoms with Crippen LogP contribution in [-0.2, 0) is 11.3 Å². The van der Waals surface area contributed by atoms with E-state index in [9.17, 15) is 5.11 Å². The fourth-order valence-electron chi connectivity index (χ4n) is 4.72. The summed E-state index contributed by atoms with van der Waals surface area (Å²) in [5.41, 5.74) is 3.61. The Balaban J connectivity index is 1.26. The molecule has 6 heteroatoms. The molecular formula is C29H36N2O4. The van der Waals surface area contributed by atoms with Gasteiger partial charge < -0.3 is 19.3 Å². The summed E-state index contributed by atoms with van der Waals surface area (Å²) in [6.45, 7) is 5.07. The molecule has 35 heavy (non-hydrogen) atoms. The maximum Gasteiger partial charge on any atom is 0.161 e. The molecule has 1 saturated heterocycles. The predicted molar refractivity (Wildman–Crippen MR) is 138 cm³/mol. The van der Waals surface area contributed by atoms with Gasteiger partial charge in [0.15, 0.2) is 11.5 Å². The van der Waals surface area contributed by atoms with E-state index in [4.69, 9.17) is 14.2 Å². The van der Waals surface area contributed by atoms with E-state index < -0.39 is 6.10 Å². The summed E-state index contributed by atoms with van der Waals surface area (Å²) in [7, 11) is 3.24. The number of hydrogen-bond donors (Lipinski definition) is 1. The Labute approximate surface area is 208 Å². The number of nitrogens with zero attached hydrogens (tertiary/aromatic N) is 2. The first-order chi connectivity index (χ1) is 17.2. The minimum Gasteiger partial charge on any atom is -0.493 e. The third-order valence-corrected chi connectivity index (χ3v) is 6.50. The van der Waals surface area contributed by atoms with Crippen LogP contribution in [0, 0.1) is 0 Å². The lowest BCUT2D eigenvalue weighted by Gasteiger charge is -2.40. The van der Waals surface area contributed by atoms with Gasteiger partial charge in [-0.3, -0.25) is 9.80 Å². The van der Waals surface area contributed by atoms with E-state index in [1.54, 1.807) is 14.2 Å². The van der Waals surface area contributed by atoms with Crippen LogP contribution < -0.4 is 9.47 Å². The zero-order chi connectivity index (χ0) is 24.5. The van der Waals surface area contributed by atoms with Crippen LogP contribution in [0.3, 0.4) is 0 Å². The zero-order valence-electron chi connectivity index (χ0n) is 20.7. The van der Waals surface area contributed by atoms with Crippen molar-refractivity contribution in [2.75, 3.05) is 53.6 Å². The van der Waals surface area contributed by atoms with Gasteiger partial charge in [-0.1, -0.05) is 66.7 Å². The number of rotatable bonds is 11. The van der Waals surface area contributed by atoms with Crippen LogP contribution in [0.1, 0.15) is 22.7 Å². The quantitative estimate of drug-likeness (QED) is 0.452. The second-order valence-corrected chi connectivity index (χ2v) is 8.92. The average Bonchev–Trinajstić information content (AvgIpc) is 2.91. The van der Waals surface area contributed by atoms with Crippen molar-refractivity contribution < 1.29 is 19.3 Å². The molecule has 0 bridgehead atoms. The second-order valence-electron chi connectivity index (χ2n) is 8.92. The number of hydrogen-bond acceptors (Lipinski definition) is 6. The monoisotopic (exact) mass is 476 g/mol. The fourth-order valence-corrected chi connectivity index (χ4v) is 4.72. The summed E-state index contributed by atoms with van der Waals surface area (Å²) >= 11 is 0. The Morgan fingerprint density at radius 2 is 1.37 bits per heavy atom. The molecule has 6 nitrogen and oxygen atoms in total. The van der Waals surface area contributed by atoms with Gasteiger partial charge in [-0.25, -0.2) is 0 Å². The number of methoxy groups -OCH3 is 2. The molecule has 1 aliphatic heterocycles. The molecule has 1 N–H and O–H groups in total. The van der Waals surface area contributed by atoms with E-state index in [-0.39, 0.29) is 6.04 Å². The lowest BCUT2D eigenvalue weighted by Crippen LogP contribution is -2.50. The molecule has 1 heterocycles. The Morgan fingerprint density at radius 1 is 0.771 bits per heavy atom. The number of piperazine rings is 1. The van der Waals surface area contributed by atoms with Crippen LogP contribution in [0.2, 0.25) is 0 Å². The summed E-state index contributed by atoms with van der Waals surface area (Å²) in [5.74, 6) is 1.37. The van der Waals surface area contributed by atoms with Crippen molar-refractivity contribution in [3.05, 3.63) is 95.6 Å². The molecule has 0 spiro atoms. The van der Waals surface area contributed by atoms with E-state index in [1.807, 2.05) is 18.2 Å². The summed E-state index contributed by atoms with van der Waals surface area (Å²) < 4.78 is 16.4. The van der Waals surface area contributed by atoms with Crippen molar-refractivity contribution in [2.45, 2.75) is 18.8 Å². The van der Waals surface area contributed by atoms with Crippen molar-refractivity contribution in [1.82, 2.24) is 9.80 Å². The lowest BCUT2D eigenvalue weighted by molar-refractivity contribution is -0.000743. The molecular weight excluding hydrogens is 440 g/mol. The SMILES string of the molecule is COc1ccc(COC[C@@H](O)CN2CCN(C(c3ccccc3)c3ccccc3)CC2)cc1OC. The van der Waals surface area contributed by atoms with Gasteiger partial charge in [0.2, 0.25) is 0 Å². The molecule has 3 aromatic carbocycles. The second kappa shape index (κ2) is 12.7. The van der Waals surface area contributed by atoms with E-state index in [0.29, 0.717) is 31.3 Å². The molecule has 1 atom stereocenters. The normalized spacial score (nSPS) is 15.8. The number of benzene rings is 3. The first kappa shape index (κ1) is 25.2. The van der Waals surface area contributed by atoms with Gasteiger partial charge in [0.05, 0.1) is 39.6 Å². The Kier molecular flexibility index (Phi) is 9.15. The zero-order valence-corrected chi connectivity index (χ0v) is 20.7. The maximum atomic E-state index is 10.6. The Morgan fingerprint density at radius 3 is 1.94 bits per heavy atom. The van der Waals surface area contributed by atoms with E-state index >= 15 is 0 Å². The van der Waals surface area contributed by atoms with Crippen LogP contribution in [0.25, 0.3) is 0 Å². The van der Waals surface area contributed by atoms with Gasteiger partial charge in [-0.05, 0) is 28.8 Å². The highest BCUT2D eigenvalue weighted by atomic mass is 16.5. The number of aliphatic hydroxyl groups excluding tert-OH is 1. The third kappa shape index (κ3) is 6.83. The molecule has 0 aromatic heterocycles. The lowest BCUT2D eigenvalue weighted by atomic mass is 9.96. The van der Waals surface area contributed by atoms with Crippen LogP contribution in [0.4, 0.5) is 0 Å². The highest BCUT2D eigenvalue weighted by Crippen LogP contribution is 2.30. The molecule has 1 fully saturated rings. The molecule has 4 rings (SSSR count). The summed E-state index contributed by atoms with van der Waals surface area (Å²) in [4.78, 5) is 4.87. The first-order valence-electron chi connectivity index (χ1n) is 12.2. The first-order valence-corrected chi connectivity index (χ1v) is 12.2. The minimum atomic E-state index is -0.527. The fraction of sp³-hybridized carbons (Fsp3) is 0.379. The van der Waals surface area contributed by atoms with Crippen LogP contribution in [0.15, 0.2) is 78.9 Å². The highest BCUT2D eigenvalue weighted by molar-refractivity contribution is 5.42. The van der Waals surface area contributed by atoms with Crippen molar-refractivity contribution in [3.63, 3.8) is 0 Å². The molecule has 186 valence electrons. The standard InChI is InChI=1S/C29H36N2O4/c1-33-27-14-13-23(19-28(27)34-2)21-35-22-26(32)20-30-15-17-31(18-16-30)29(24-9-5-3-6-10-24)25-11-7-4-8-12-25/h3-14,19,26,29,32H,15-18,20-22H2,1-2H3/t26-/m0/s1. The van der Waals surface area contributed by atoms with Crippen LogP contribution in [-0.4, -0.2) is 74.6 Å². The van der Waals surface area contributed by atoms with Crippen LogP contribution >= 0.6 is 0 Å². The molecule has 0 radical (unpaired) electrons. The third-order valence-electron chi connectivity index (χ3n) is 6.50. The number of β-amino-alcohol motifs (C(OH)–C–C–N with tert-alkyl or cyclic N) is 1. The summed E-state index contributed by atoms with van der Waals surface area (Å²) in [6, 6.07) is 27.4. The van der Waals surface area contributed by atoms with E-state index in [2.05, 4.69) is 70.5 Å². The molecule has 0 saturated carbocycles. The highest BCUT2D eigenvalue weighted by Gasteiger charge is 2.27. The van der Waals surface area contributed by atoms with Gasteiger partial charge in [0.1, 0.15) is 0 Å². The predicted octanol–water partition coefficient (Wildman–Crippen LogP) is 3.99. The maximum absolute atomic E-state index is 10.6. The smallest absolute Gasteiger partial charge is 0.161 e. The van der Waals surface area contributed by atoms with E-state index in [1.165, 1.54) is 11.1 Å². The molecule has 3 aromatic rings. The van der Waals surface area contributed by atoms with Crippen molar-refractivity contribution in [1.29, 1.82) is 0 Å². The Bertz CT molecular complexity index is 984. The van der Waals surface area contributed by atoms with Gasteiger partial charge in [0, 0.05) is 32.7 Å². The van der Waals surface area contributed by atoms with Crippen LogP contribution in [0.5, 0.6) is 11.5 Å². The van der Waals surface area contributed by atoms with E-state index in [0.717, 1.165) is 31.7 Å². The van der Waals surface area contributed by atoms with Crippen molar-refractivity contribution in [3.8, 4) is 11.5 Å². The molecule has 0 aliphatic carbocycles. The average molecular weight is 477 g/mol. The minimum absolute atomic E-state index is 0.245. The van der Waals surface area contributed by atoms with Crippen molar-refractivity contribution in [2.24, 2.45) is 0 Å². The Hall–Kier alpha value is -2.90. The summed E-state index contributed by atoms with van der Waals surface area (Å²) in [5, 5.41) is 10.6. The van der Waals surface area contributed by atoms with Gasteiger partial charge in [0.25, 0.3) is 0 Å². The summed E-state index contributed by atoms with van der Waals surface area (Å²) in [6.07, 6.45) is -0.527. The van der Waals surface area contributed by atoms with Gasteiger partial charge in [-0.2, -0.15) is 0 Å². The van der Waals surface area contributed by atoms with Crippen molar-refractivity contribution >= 4 is 0 Å². The molecule has 0 amide bonds. The van der Waals surface area contributed by atoms with Gasteiger partial charge >= 0.3 is 0 Å². The topological polar surface area (TPSA) is 54.4 Å². The molecule has 1 aliphatic rings. The molecule has 0 unspecified atom stereocenters. The number of ether oxygens (including phenoxy) is 3. The van der Waals surface area contributed by atoms with Gasteiger partial charge in [-0.15, -0.1) is 0 Å². The number of aliphatic hydroxyl groups is 1. The largest absolute Gasteiger partial charge is 0.493 e.